The molecule has 1 aliphatic heterocycles. The van der Waals surface area contributed by atoms with E-state index in [1.165, 1.54) is 16.3 Å². The first-order valence-corrected chi connectivity index (χ1v) is 10.5. The lowest BCUT2D eigenvalue weighted by Crippen LogP contribution is -2.18. The summed E-state index contributed by atoms with van der Waals surface area (Å²) < 4.78 is 11.0. The summed E-state index contributed by atoms with van der Waals surface area (Å²) in [5, 5.41) is 20.0. The van der Waals surface area contributed by atoms with E-state index in [0.29, 0.717) is 17.7 Å². The second-order valence-electron chi connectivity index (χ2n) is 7.74. The number of anilines is 1. The van der Waals surface area contributed by atoms with Crippen molar-refractivity contribution in [3.8, 4) is 17.2 Å². The van der Waals surface area contributed by atoms with Gasteiger partial charge >= 0.3 is 0 Å². The van der Waals surface area contributed by atoms with Gasteiger partial charge in [0, 0.05) is 12.5 Å². The summed E-state index contributed by atoms with van der Waals surface area (Å²) in [5.74, 6) is 1.53. The second kappa shape index (κ2) is 8.27. The lowest BCUT2D eigenvalue weighted by molar-refractivity contribution is 0.406. The molecule has 0 saturated heterocycles. The molecule has 32 heavy (non-hydrogen) atoms. The third-order valence-corrected chi connectivity index (χ3v) is 5.92. The Morgan fingerprint density at radius 1 is 0.875 bits per heavy atom. The van der Waals surface area contributed by atoms with Gasteiger partial charge in [-0.15, -0.1) is 0 Å². The van der Waals surface area contributed by atoms with Crippen LogP contribution in [0.2, 0.25) is 0 Å². The van der Waals surface area contributed by atoms with Gasteiger partial charge in [-0.2, -0.15) is 5.10 Å². The SMILES string of the molecule is COc1cccc(N2N=C(c3c(O)cccc3OC)CC2c2cccc3ccccc23)c1. The molecule has 5 rings (SSSR count). The van der Waals surface area contributed by atoms with Crippen molar-refractivity contribution in [2.75, 3.05) is 19.2 Å². The quantitative estimate of drug-likeness (QED) is 0.432. The van der Waals surface area contributed by atoms with E-state index in [9.17, 15) is 5.11 Å². The summed E-state index contributed by atoms with van der Waals surface area (Å²) in [7, 11) is 3.27. The van der Waals surface area contributed by atoms with Crippen molar-refractivity contribution in [2.45, 2.75) is 12.5 Å². The molecule has 4 aromatic carbocycles. The Morgan fingerprint density at radius 2 is 1.66 bits per heavy atom. The highest BCUT2D eigenvalue weighted by Gasteiger charge is 2.33. The zero-order valence-corrected chi connectivity index (χ0v) is 18.0. The normalized spacial score (nSPS) is 15.6. The van der Waals surface area contributed by atoms with Crippen molar-refractivity contribution in [1.82, 2.24) is 0 Å². The fourth-order valence-electron chi connectivity index (χ4n) is 4.42. The predicted octanol–water partition coefficient (Wildman–Crippen LogP) is 5.92. The third-order valence-electron chi connectivity index (χ3n) is 5.92. The Bertz CT molecular complexity index is 1310. The molecule has 1 N–H and O–H groups in total. The molecule has 0 saturated carbocycles. The van der Waals surface area contributed by atoms with Crippen LogP contribution in [0, 0.1) is 0 Å². The summed E-state index contributed by atoms with van der Waals surface area (Å²) in [5.41, 5.74) is 3.51. The van der Waals surface area contributed by atoms with Gasteiger partial charge in [-0.25, -0.2) is 0 Å². The van der Waals surface area contributed by atoms with E-state index in [4.69, 9.17) is 14.6 Å². The van der Waals surface area contributed by atoms with Crippen LogP contribution >= 0.6 is 0 Å². The van der Waals surface area contributed by atoms with Crippen molar-refractivity contribution >= 4 is 22.2 Å². The number of rotatable bonds is 5. The second-order valence-corrected chi connectivity index (χ2v) is 7.74. The zero-order valence-electron chi connectivity index (χ0n) is 18.0. The number of ether oxygens (including phenoxy) is 2. The average Bonchev–Trinajstić information content (AvgIpc) is 3.28. The summed E-state index contributed by atoms with van der Waals surface area (Å²) in [4.78, 5) is 0. The minimum Gasteiger partial charge on any atom is -0.507 e. The molecule has 1 heterocycles. The van der Waals surface area contributed by atoms with Gasteiger partial charge in [0.05, 0.1) is 37.2 Å². The summed E-state index contributed by atoms with van der Waals surface area (Å²) in [6, 6.07) is 27.9. The minimum atomic E-state index is -0.0486. The number of benzene rings is 4. The highest BCUT2D eigenvalue weighted by Crippen LogP contribution is 2.42. The van der Waals surface area contributed by atoms with Gasteiger partial charge in [0.25, 0.3) is 0 Å². The fraction of sp³-hybridized carbons (Fsp3) is 0.148. The molecule has 160 valence electrons. The van der Waals surface area contributed by atoms with E-state index in [1.54, 1.807) is 26.4 Å². The number of nitrogens with zero attached hydrogens (tertiary/aromatic N) is 2. The van der Waals surface area contributed by atoms with Crippen molar-refractivity contribution in [3.63, 3.8) is 0 Å². The molecule has 0 bridgehead atoms. The first kappa shape index (κ1) is 19.9. The topological polar surface area (TPSA) is 54.3 Å². The van der Waals surface area contributed by atoms with E-state index in [1.807, 2.05) is 35.3 Å². The van der Waals surface area contributed by atoms with Gasteiger partial charge in [0.15, 0.2) is 0 Å². The number of hydrazone groups is 1. The van der Waals surface area contributed by atoms with Crippen LogP contribution in [0.25, 0.3) is 10.8 Å². The molecule has 0 radical (unpaired) electrons. The van der Waals surface area contributed by atoms with E-state index >= 15 is 0 Å². The smallest absolute Gasteiger partial charge is 0.131 e. The van der Waals surface area contributed by atoms with Gasteiger partial charge in [-0.05, 0) is 40.6 Å². The Morgan fingerprint density at radius 3 is 2.50 bits per heavy atom. The van der Waals surface area contributed by atoms with E-state index in [0.717, 1.165) is 17.1 Å². The summed E-state index contributed by atoms with van der Waals surface area (Å²) >= 11 is 0. The van der Waals surface area contributed by atoms with Crippen LogP contribution < -0.4 is 14.5 Å². The van der Waals surface area contributed by atoms with Crippen LogP contribution in [0.3, 0.4) is 0 Å². The molecule has 1 atom stereocenters. The monoisotopic (exact) mass is 424 g/mol. The summed E-state index contributed by atoms with van der Waals surface area (Å²) in [6.45, 7) is 0. The zero-order chi connectivity index (χ0) is 22.1. The minimum absolute atomic E-state index is 0.0486. The molecule has 0 amide bonds. The van der Waals surface area contributed by atoms with Crippen molar-refractivity contribution < 1.29 is 14.6 Å². The summed E-state index contributed by atoms with van der Waals surface area (Å²) in [6.07, 6.45) is 0.624. The van der Waals surface area contributed by atoms with Gasteiger partial charge in [0.2, 0.25) is 0 Å². The van der Waals surface area contributed by atoms with Gasteiger partial charge in [-0.1, -0.05) is 54.6 Å². The van der Waals surface area contributed by atoms with E-state index < -0.39 is 0 Å². The van der Waals surface area contributed by atoms with Crippen molar-refractivity contribution in [2.24, 2.45) is 5.10 Å². The molecular formula is C27H24N2O3. The highest BCUT2D eigenvalue weighted by atomic mass is 16.5. The van der Waals surface area contributed by atoms with E-state index in [2.05, 4.69) is 42.5 Å². The number of fused-ring (bicyclic) bond motifs is 1. The number of phenolic OH excluding ortho intramolecular Hbond substituents is 1. The number of phenols is 1. The van der Waals surface area contributed by atoms with Crippen molar-refractivity contribution in [3.05, 3.63) is 96.1 Å². The number of methoxy groups -OCH3 is 2. The number of hydrogen-bond donors (Lipinski definition) is 1. The fourth-order valence-corrected chi connectivity index (χ4v) is 4.42. The lowest BCUT2D eigenvalue weighted by Gasteiger charge is -2.25. The largest absolute Gasteiger partial charge is 0.507 e. The predicted molar refractivity (Wildman–Crippen MR) is 128 cm³/mol. The van der Waals surface area contributed by atoms with Crippen LogP contribution in [0.5, 0.6) is 17.2 Å². The number of hydrogen-bond acceptors (Lipinski definition) is 5. The molecule has 5 nitrogen and oxygen atoms in total. The highest BCUT2D eigenvalue weighted by molar-refractivity contribution is 6.07. The van der Waals surface area contributed by atoms with Gasteiger partial charge < -0.3 is 14.6 Å². The first-order valence-electron chi connectivity index (χ1n) is 10.5. The van der Waals surface area contributed by atoms with Crippen molar-refractivity contribution in [1.29, 1.82) is 0 Å². The number of aromatic hydroxyl groups is 1. The van der Waals surface area contributed by atoms with Crippen LogP contribution in [-0.2, 0) is 0 Å². The lowest BCUT2D eigenvalue weighted by atomic mass is 9.93. The standard InChI is InChI=1S/C27H24N2O3/c1-31-20-11-6-10-19(16-20)29-24(22-13-5-9-18-8-3-4-12-21(18)22)17-23(28-29)27-25(30)14-7-15-26(27)32-2/h3-16,24,30H,17H2,1-2H3. The molecule has 0 spiro atoms. The Hall–Kier alpha value is -3.99. The molecule has 1 unspecified atom stereocenters. The van der Waals surface area contributed by atoms with Crippen LogP contribution in [-0.4, -0.2) is 25.0 Å². The Kier molecular flexibility index (Phi) is 5.15. The molecule has 1 aliphatic rings. The Labute approximate surface area is 187 Å². The van der Waals surface area contributed by atoms with Crippen LogP contribution in [0.1, 0.15) is 23.6 Å². The maximum absolute atomic E-state index is 10.7. The maximum atomic E-state index is 10.7. The first-order chi connectivity index (χ1) is 15.7. The molecule has 0 fully saturated rings. The molecule has 0 aliphatic carbocycles. The maximum Gasteiger partial charge on any atom is 0.131 e. The Balaban J connectivity index is 1.68. The van der Waals surface area contributed by atoms with Gasteiger partial charge in [-0.3, -0.25) is 5.01 Å². The van der Waals surface area contributed by atoms with Crippen LogP contribution in [0.4, 0.5) is 5.69 Å². The molecule has 5 heteroatoms. The molecular weight excluding hydrogens is 400 g/mol. The average molecular weight is 425 g/mol. The molecule has 0 aromatic heterocycles. The van der Waals surface area contributed by atoms with Gasteiger partial charge in [0.1, 0.15) is 17.2 Å². The third kappa shape index (κ3) is 3.42. The molecule has 4 aromatic rings. The van der Waals surface area contributed by atoms with E-state index in [-0.39, 0.29) is 11.8 Å². The van der Waals surface area contributed by atoms with Crippen LogP contribution in [0.15, 0.2) is 90.0 Å².